The van der Waals surface area contributed by atoms with E-state index in [4.69, 9.17) is 9.26 Å². The monoisotopic (exact) mass is 357 g/mol. The Labute approximate surface area is 154 Å². The molecule has 2 atom stereocenters. The molecule has 1 aromatic heterocycles. The van der Waals surface area contributed by atoms with Gasteiger partial charge in [-0.05, 0) is 52.5 Å². The van der Waals surface area contributed by atoms with E-state index >= 15 is 0 Å². The highest BCUT2D eigenvalue weighted by Crippen LogP contribution is 2.33. The molecule has 1 aliphatic carbocycles. The van der Waals surface area contributed by atoms with E-state index in [-0.39, 0.29) is 18.1 Å². The number of ether oxygens (including phenoxy) is 1. The van der Waals surface area contributed by atoms with Crippen molar-refractivity contribution in [2.45, 2.75) is 70.9 Å². The summed E-state index contributed by atoms with van der Waals surface area (Å²) in [4.78, 5) is 16.5. The van der Waals surface area contributed by atoms with Gasteiger partial charge in [0.25, 0.3) is 0 Å². The number of carbonyl (C=O) groups excluding carboxylic acids is 1. The summed E-state index contributed by atoms with van der Waals surface area (Å²) in [5.41, 5.74) is 1.91. The molecule has 1 aliphatic rings. The fourth-order valence-corrected chi connectivity index (χ4v) is 3.20. The molecule has 0 spiro atoms. The zero-order chi connectivity index (χ0) is 18.7. The maximum Gasteiger partial charge on any atom is 0.407 e. The third-order valence-corrected chi connectivity index (χ3v) is 4.47. The van der Waals surface area contributed by atoms with Gasteiger partial charge in [0, 0.05) is 18.4 Å². The molecule has 0 aliphatic heterocycles. The molecular weight excluding hydrogens is 330 g/mol. The highest BCUT2D eigenvalue weighted by Gasteiger charge is 2.31. The normalized spacial score (nSPS) is 20.2. The minimum absolute atomic E-state index is 0.0855. The number of alkyl carbamates (subject to hydrolysis) is 1. The molecule has 1 N–H and O–H groups in total. The van der Waals surface area contributed by atoms with Crippen LogP contribution in [-0.2, 0) is 11.2 Å². The summed E-state index contributed by atoms with van der Waals surface area (Å²) in [6, 6.07) is 8.42. The van der Waals surface area contributed by atoms with E-state index in [0.29, 0.717) is 18.1 Å². The van der Waals surface area contributed by atoms with Crippen molar-refractivity contribution >= 4 is 6.09 Å². The molecule has 1 saturated carbocycles. The zero-order valence-corrected chi connectivity index (χ0v) is 15.9. The Kier molecular flexibility index (Phi) is 5.30. The molecule has 1 fully saturated rings. The number of hydrogen-bond donors (Lipinski definition) is 1. The Morgan fingerprint density at radius 3 is 2.69 bits per heavy atom. The Morgan fingerprint density at radius 2 is 2.00 bits per heavy atom. The number of benzene rings is 1. The molecule has 1 amide bonds. The highest BCUT2D eigenvalue weighted by molar-refractivity contribution is 5.68. The topological polar surface area (TPSA) is 77.2 Å². The van der Waals surface area contributed by atoms with Crippen molar-refractivity contribution in [2.75, 3.05) is 0 Å². The van der Waals surface area contributed by atoms with Crippen molar-refractivity contribution in [2.24, 2.45) is 0 Å². The lowest BCUT2D eigenvalue weighted by atomic mass is 10.1. The summed E-state index contributed by atoms with van der Waals surface area (Å²) >= 11 is 0. The second-order valence-electron chi connectivity index (χ2n) is 8.06. The lowest BCUT2D eigenvalue weighted by Crippen LogP contribution is -2.37. The van der Waals surface area contributed by atoms with Crippen molar-refractivity contribution < 1.29 is 14.1 Å². The molecule has 0 radical (unpaired) electrons. The van der Waals surface area contributed by atoms with Crippen LogP contribution in [0.1, 0.15) is 68.8 Å². The highest BCUT2D eigenvalue weighted by atomic mass is 16.6. The first-order valence-electron chi connectivity index (χ1n) is 9.16. The standard InChI is InChI=1S/C20H27N3O3/c1-13-5-7-14(8-6-13)11-17-22-18(26-23-17)15-9-10-16(12-15)21-19(24)25-20(2,3)4/h5-8,15-16H,9-12H2,1-4H3,(H,21,24)/t15-,16-/m0/s1. The average molecular weight is 357 g/mol. The summed E-state index contributed by atoms with van der Waals surface area (Å²) in [5, 5.41) is 7.05. The van der Waals surface area contributed by atoms with Crippen LogP contribution in [-0.4, -0.2) is 27.9 Å². The van der Waals surface area contributed by atoms with Crippen LogP contribution in [0.4, 0.5) is 4.79 Å². The fraction of sp³-hybridized carbons (Fsp3) is 0.550. The van der Waals surface area contributed by atoms with Gasteiger partial charge in [-0.25, -0.2) is 4.79 Å². The molecule has 0 bridgehead atoms. The molecule has 26 heavy (non-hydrogen) atoms. The van der Waals surface area contributed by atoms with Gasteiger partial charge < -0.3 is 14.6 Å². The van der Waals surface area contributed by atoms with Crippen molar-refractivity contribution in [3.8, 4) is 0 Å². The second kappa shape index (κ2) is 7.48. The van der Waals surface area contributed by atoms with Crippen molar-refractivity contribution in [3.05, 3.63) is 47.1 Å². The Morgan fingerprint density at radius 1 is 1.27 bits per heavy atom. The van der Waals surface area contributed by atoms with Crippen LogP contribution in [0.2, 0.25) is 0 Å². The van der Waals surface area contributed by atoms with E-state index < -0.39 is 5.60 Å². The van der Waals surface area contributed by atoms with Gasteiger partial charge in [-0.2, -0.15) is 4.98 Å². The molecule has 6 heteroatoms. The number of nitrogens with zero attached hydrogens (tertiary/aromatic N) is 2. The van der Waals surface area contributed by atoms with Crippen LogP contribution in [0.3, 0.4) is 0 Å². The lowest BCUT2D eigenvalue weighted by molar-refractivity contribution is 0.0505. The molecular formula is C20H27N3O3. The number of aryl methyl sites for hydroxylation is 1. The minimum Gasteiger partial charge on any atom is -0.444 e. The van der Waals surface area contributed by atoms with Crippen LogP contribution >= 0.6 is 0 Å². The summed E-state index contributed by atoms with van der Waals surface area (Å²) in [6.45, 7) is 7.65. The predicted molar refractivity (Wildman–Crippen MR) is 98.0 cm³/mol. The molecule has 0 unspecified atom stereocenters. The first-order chi connectivity index (χ1) is 12.3. The quantitative estimate of drug-likeness (QED) is 0.890. The fourth-order valence-electron chi connectivity index (χ4n) is 3.20. The Bertz CT molecular complexity index is 746. The SMILES string of the molecule is Cc1ccc(Cc2noc([C@H]3CC[C@H](NC(=O)OC(C)(C)C)C3)n2)cc1. The maximum absolute atomic E-state index is 11.9. The minimum atomic E-state index is -0.487. The van der Waals surface area contributed by atoms with Gasteiger partial charge in [-0.1, -0.05) is 35.0 Å². The molecule has 140 valence electrons. The molecule has 6 nitrogen and oxygen atoms in total. The van der Waals surface area contributed by atoms with E-state index in [0.717, 1.165) is 19.3 Å². The first kappa shape index (κ1) is 18.4. The third kappa shape index (κ3) is 5.07. The second-order valence-corrected chi connectivity index (χ2v) is 8.06. The Hall–Kier alpha value is -2.37. The van der Waals surface area contributed by atoms with Gasteiger partial charge in [0.15, 0.2) is 5.82 Å². The number of rotatable bonds is 4. The number of hydrogen-bond acceptors (Lipinski definition) is 5. The summed E-state index contributed by atoms with van der Waals surface area (Å²) < 4.78 is 10.8. The van der Waals surface area contributed by atoms with Crippen LogP contribution in [0, 0.1) is 6.92 Å². The van der Waals surface area contributed by atoms with Gasteiger partial charge in [0.1, 0.15) is 5.60 Å². The van der Waals surface area contributed by atoms with Gasteiger partial charge in [-0.15, -0.1) is 0 Å². The number of amides is 1. The van der Waals surface area contributed by atoms with E-state index in [9.17, 15) is 4.79 Å². The summed E-state index contributed by atoms with van der Waals surface area (Å²) in [6.07, 6.45) is 2.90. The van der Waals surface area contributed by atoms with Gasteiger partial charge in [0.2, 0.25) is 5.89 Å². The molecule has 2 aromatic rings. The van der Waals surface area contributed by atoms with Crippen molar-refractivity contribution in [3.63, 3.8) is 0 Å². The number of nitrogens with one attached hydrogen (secondary N) is 1. The van der Waals surface area contributed by atoms with Crippen LogP contribution in [0.25, 0.3) is 0 Å². The average Bonchev–Trinajstić information content (AvgIpc) is 3.17. The number of aromatic nitrogens is 2. The van der Waals surface area contributed by atoms with Crippen molar-refractivity contribution in [1.82, 2.24) is 15.5 Å². The Balaban J connectivity index is 1.53. The van der Waals surface area contributed by atoms with Gasteiger partial charge in [-0.3, -0.25) is 0 Å². The predicted octanol–water partition coefficient (Wildman–Crippen LogP) is 4.13. The smallest absolute Gasteiger partial charge is 0.407 e. The van der Waals surface area contributed by atoms with Crippen LogP contribution in [0.15, 0.2) is 28.8 Å². The van der Waals surface area contributed by atoms with Crippen molar-refractivity contribution in [1.29, 1.82) is 0 Å². The third-order valence-electron chi connectivity index (χ3n) is 4.47. The maximum atomic E-state index is 11.9. The summed E-state index contributed by atoms with van der Waals surface area (Å²) in [5.74, 6) is 1.56. The van der Waals surface area contributed by atoms with E-state index in [1.807, 2.05) is 20.8 Å². The zero-order valence-electron chi connectivity index (χ0n) is 15.9. The first-order valence-corrected chi connectivity index (χ1v) is 9.16. The van der Waals surface area contributed by atoms with Crippen LogP contribution < -0.4 is 5.32 Å². The molecule has 0 saturated heterocycles. The molecule has 3 rings (SSSR count). The van der Waals surface area contributed by atoms with Gasteiger partial charge >= 0.3 is 6.09 Å². The number of carbonyl (C=O) groups is 1. The lowest BCUT2D eigenvalue weighted by Gasteiger charge is -2.21. The van der Waals surface area contributed by atoms with E-state index in [1.165, 1.54) is 11.1 Å². The molecule has 1 aromatic carbocycles. The summed E-state index contributed by atoms with van der Waals surface area (Å²) in [7, 11) is 0. The van der Waals surface area contributed by atoms with E-state index in [1.54, 1.807) is 0 Å². The van der Waals surface area contributed by atoms with E-state index in [2.05, 4.69) is 46.6 Å². The van der Waals surface area contributed by atoms with Crippen LogP contribution in [0.5, 0.6) is 0 Å². The van der Waals surface area contributed by atoms with Gasteiger partial charge in [0.05, 0.1) is 0 Å². The largest absolute Gasteiger partial charge is 0.444 e. The molecule has 1 heterocycles.